The van der Waals surface area contributed by atoms with Crippen LogP contribution >= 0.6 is 0 Å². The summed E-state index contributed by atoms with van der Waals surface area (Å²) >= 11 is 0. The second-order valence-electron chi connectivity index (χ2n) is 6.02. The first-order valence-corrected chi connectivity index (χ1v) is 8.60. The lowest BCUT2D eigenvalue weighted by Crippen LogP contribution is -2.42. The van der Waals surface area contributed by atoms with Gasteiger partial charge in [0, 0.05) is 25.0 Å². The van der Waals surface area contributed by atoms with Crippen LogP contribution in [0.5, 0.6) is 0 Å². The van der Waals surface area contributed by atoms with Gasteiger partial charge in [0.15, 0.2) is 5.69 Å². The highest BCUT2D eigenvalue weighted by Gasteiger charge is 2.40. The van der Waals surface area contributed by atoms with Crippen LogP contribution in [-0.2, 0) is 20.5 Å². The van der Waals surface area contributed by atoms with Gasteiger partial charge in [0.05, 0.1) is 29.5 Å². The van der Waals surface area contributed by atoms with Crippen molar-refractivity contribution in [3.63, 3.8) is 0 Å². The van der Waals surface area contributed by atoms with E-state index in [1.807, 2.05) is 10.9 Å². The number of amides is 2. The first kappa shape index (κ1) is 23.3. The molecule has 11 nitrogen and oxygen atoms in total. The number of methoxy groups -OCH3 is 1. The third-order valence-corrected chi connectivity index (χ3v) is 3.92. The number of nitro groups is 1. The number of alkyl halides is 3. The molecule has 1 aromatic carbocycles. The van der Waals surface area contributed by atoms with Crippen molar-refractivity contribution in [3.05, 3.63) is 51.8 Å². The van der Waals surface area contributed by atoms with Crippen molar-refractivity contribution in [2.45, 2.75) is 25.4 Å². The molecule has 0 atom stereocenters. The van der Waals surface area contributed by atoms with E-state index in [1.54, 1.807) is 0 Å². The molecule has 0 radical (unpaired) electrons. The smallest absolute Gasteiger partial charge is 0.434 e. The van der Waals surface area contributed by atoms with E-state index in [-0.39, 0.29) is 30.6 Å². The Morgan fingerprint density at radius 1 is 1.16 bits per heavy atom. The number of nitrogens with zero attached hydrogens (tertiary/aromatic N) is 3. The minimum Gasteiger partial charge on any atom is -0.469 e. The SMILES string of the molecule is COC(=O)CCCC(=O)NNC(=O)c1cnn(-c2ccc([N+](=O)[O-])cc2)c1C(F)(F)F. The van der Waals surface area contributed by atoms with Gasteiger partial charge in [-0.25, -0.2) is 4.68 Å². The van der Waals surface area contributed by atoms with Crippen LogP contribution in [0.1, 0.15) is 35.3 Å². The number of aromatic nitrogens is 2. The van der Waals surface area contributed by atoms with Gasteiger partial charge in [-0.1, -0.05) is 0 Å². The van der Waals surface area contributed by atoms with E-state index >= 15 is 0 Å². The Hall–Kier alpha value is -3.97. The number of non-ortho nitro benzene ring substituents is 1. The molecule has 2 rings (SSSR count). The molecule has 31 heavy (non-hydrogen) atoms. The Morgan fingerprint density at radius 2 is 1.81 bits per heavy atom. The fourth-order valence-electron chi connectivity index (χ4n) is 2.45. The van der Waals surface area contributed by atoms with Crippen LogP contribution < -0.4 is 10.9 Å². The van der Waals surface area contributed by atoms with E-state index in [4.69, 9.17) is 0 Å². The average Bonchev–Trinajstić information content (AvgIpc) is 3.17. The Labute approximate surface area is 172 Å². The number of nitro benzene ring substituents is 1. The van der Waals surface area contributed by atoms with Crippen molar-refractivity contribution in [2.24, 2.45) is 0 Å². The Bertz CT molecular complexity index is 987. The predicted octanol–water partition coefficient (Wildman–Crippen LogP) is 1.90. The summed E-state index contributed by atoms with van der Waals surface area (Å²) in [6.45, 7) is 0. The van der Waals surface area contributed by atoms with Gasteiger partial charge in [-0.2, -0.15) is 18.3 Å². The zero-order chi connectivity index (χ0) is 23.2. The van der Waals surface area contributed by atoms with Crippen LogP contribution in [0.4, 0.5) is 18.9 Å². The highest BCUT2D eigenvalue weighted by molar-refractivity contribution is 5.96. The third-order valence-electron chi connectivity index (χ3n) is 3.92. The second kappa shape index (κ2) is 9.69. The molecule has 0 unspecified atom stereocenters. The molecule has 0 saturated carbocycles. The third kappa shape index (κ3) is 6.01. The van der Waals surface area contributed by atoms with Gasteiger partial charge in [-0.3, -0.25) is 35.3 Å². The number of nitrogens with one attached hydrogen (secondary N) is 2. The zero-order valence-electron chi connectivity index (χ0n) is 15.9. The lowest BCUT2D eigenvalue weighted by molar-refractivity contribution is -0.384. The van der Waals surface area contributed by atoms with Gasteiger partial charge in [-0.05, 0) is 18.6 Å². The number of hydrogen-bond donors (Lipinski definition) is 2. The van der Waals surface area contributed by atoms with Crippen LogP contribution in [-0.4, -0.2) is 39.6 Å². The number of hydrogen-bond acceptors (Lipinski definition) is 7. The van der Waals surface area contributed by atoms with Crippen molar-refractivity contribution in [1.29, 1.82) is 0 Å². The maximum absolute atomic E-state index is 13.6. The molecule has 1 heterocycles. The Morgan fingerprint density at radius 3 is 2.35 bits per heavy atom. The number of hydrazine groups is 1. The molecule has 2 N–H and O–H groups in total. The number of esters is 1. The summed E-state index contributed by atoms with van der Waals surface area (Å²) in [5.41, 5.74) is 1.00. The van der Waals surface area contributed by atoms with Gasteiger partial charge in [0.25, 0.3) is 11.6 Å². The summed E-state index contributed by atoms with van der Waals surface area (Å²) < 4.78 is 45.6. The van der Waals surface area contributed by atoms with E-state index in [2.05, 4.69) is 9.84 Å². The van der Waals surface area contributed by atoms with Gasteiger partial charge in [-0.15, -0.1) is 0 Å². The molecule has 0 bridgehead atoms. The van der Waals surface area contributed by atoms with Crippen molar-refractivity contribution in [1.82, 2.24) is 20.6 Å². The van der Waals surface area contributed by atoms with Crippen molar-refractivity contribution < 1.29 is 37.2 Å². The number of benzene rings is 1. The molecule has 0 saturated heterocycles. The molecule has 0 aliphatic rings. The summed E-state index contributed by atoms with van der Waals surface area (Å²) in [6, 6.07) is 4.08. The first-order valence-electron chi connectivity index (χ1n) is 8.60. The van der Waals surface area contributed by atoms with E-state index in [0.717, 1.165) is 24.3 Å². The van der Waals surface area contributed by atoms with Crippen molar-refractivity contribution in [3.8, 4) is 5.69 Å². The minimum absolute atomic E-state index is 0.0436. The molecular weight excluding hydrogens is 427 g/mol. The summed E-state index contributed by atoms with van der Waals surface area (Å²) in [4.78, 5) is 44.8. The van der Waals surface area contributed by atoms with Crippen molar-refractivity contribution in [2.75, 3.05) is 7.11 Å². The molecule has 2 aromatic rings. The maximum atomic E-state index is 13.6. The van der Waals surface area contributed by atoms with E-state index in [1.165, 1.54) is 7.11 Å². The fraction of sp³-hybridized carbons (Fsp3) is 0.294. The number of ether oxygens (including phenoxy) is 1. The van der Waals surface area contributed by atoms with Gasteiger partial charge < -0.3 is 4.74 Å². The number of halogens is 3. The van der Waals surface area contributed by atoms with Gasteiger partial charge in [0.1, 0.15) is 0 Å². The minimum atomic E-state index is -5.00. The summed E-state index contributed by atoms with van der Waals surface area (Å²) in [5, 5.41) is 14.3. The van der Waals surface area contributed by atoms with E-state index in [0.29, 0.717) is 10.9 Å². The van der Waals surface area contributed by atoms with Crippen LogP contribution in [0, 0.1) is 10.1 Å². The summed E-state index contributed by atoms with van der Waals surface area (Å²) in [6.07, 6.45) is -4.46. The number of rotatable bonds is 7. The molecule has 166 valence electrons. The largest absolute Gasteiger partial charge is 0.469 e. The topological polar surface area (TPSA) is 145 Å². The predicted molar refractivity (Wildman–Crippen MR) is 96.7 cm³/mol. The Balaban J connectivity index is 2.15. The molecule has 0 aliphatic carbocycles. The molecule has 0 spiro atoms. The quantitative estimate of drug-likeness (QED) is 0.378. The highest BCUT2D eigenvalue weighted by Crippen LogP contribution is 2.33. The normalized spacial score (nSPS) is 11.0. The lowest BCUT2D eigenvalue weighted by atomic mass is 10.2. The second-order valence-corrected chi connectivity index (χ2v) is 6.02. The van der Waals surface area contributed by atoms with Crippen LogP contribution in [0.25, 0.3) is 5.69 Å². The van der Waals surface area contributed by atoms with Crippen LogP contribution in [0.15, 0.2) is 30.5 Å². The van der Waals surface area contributed by atoms with E-state index in [9.17, 15) is 37.7 Å². The molecule has 0 fully saturated rings. The summed E-state index contributed by atoms with van der Waals surface area (Å²) in [5.74, 6) is -2.54. The molecule has 2 amide bonds. The summed E-state index contributed by atoms with van der Waals surface area (Å²) in [7, 11) is 1.18. The first-order chi connectivity index (χ1) is 14.5. The fourth-order valence-corrected chi connectivity index (χ4v) is 2.45. The molecule has 0 aliphatic heterocycles. The van der Waals surface area contributed by atoms with Crippen LogP contribution in [0.2, 0.25) is 0 Å². The maximum Gasteiger partial charge on any atom is 0.434 e. The zero-order valence-corrected chi connectivity index (χ0v) is 15.9. The van der Waals surface area contributed by atoms with Crippen LogP contribution in [0.3, 0.4) is 0 Å². The Kier molecular flexibility index (Phi) is 7.28. The van der Waals surface area contributed by atoms with Gasteiger partial charge >= 0.3 is 12.1 Å². The monoisotopic (exact) mass is 443 g/mol. The molecule has 14 heteroatoms. The molecular formula is C17H16F3N5O6. The number of carbonyl (C=O) groups is 3. The lowest BCUT2D eigenvalue weighted by Gasteiger charge is -2.13. The van der Waals surface area contributed by atoms with Gasteiger partial charge in [0.2, 0.25) is 5.91 Å². The van der Waals surface area contributed by atoms with E-state index < -0.39 is 40.1 Å². The standard InChI is InChI=1S/C17H16F3N5O6/c1-31-14(27)4-2-3-13(26)22-23-16(28)12-9-21-24(15(12)17(18,19)20)10-5-7-11(8-6-10)25(29)30/h5-9H,2-4H2,1H3,(H,22,26)(H,23,28). The molecule has 1 aromatic heterocycles. The highest BCUT2D eigenvalue weighted by atomic mass is 19.4. The average molecular weight is 443 g/mol. The van der Waals surface area contributed by atoms with Crippen molar-refractivity contribution >= 4 is 23.5 Å². The number of carbonyl (C=O) groups excluding carboxylic acids is 3.